The Morgan fingerprint density at radius 3 is 2.48 bits per heavy atom. The third kappa shape index (κ3) is 5.29. The number of hydrogen-bond acceptors (Lipinski definition) is 4. The molecule has 1 aromatic carbocycles. The average molecular weight is 297 g/mol. The number of nitrogens with one attached hydrogen (secondary N) is 1. The van der Waals surface area contributed by atoms with Gasteiger partial charge in [0.25, 0.3) is 0 Å². The molecule has 0 radical (unpaired) electrons. The number of rotatable bonds is 5. The van der Waals surface area contributed by atoms with Crippen LogP contribution in [-0.4, -0.2) is 22.8 Å². The summed E-state index contributed by atoms with van der Waals surface area (Å²) in [6.45, 7) is 1.02. The Hall–Kier alpha value is -2.31. The molecule has 1 heterocycles. The molecule has 0 aliphatic heterocycles. The number of ether oxygens (including phenoxy) is 1. The van der Waals surface area contributed by atoms with Crippen LogP contribution in [0, 0.1) is 6.92 Å². The highest BCUT2D eigenvalue weighted by atomic mass is 19.4. The highest BCUT2D eigenvalue weighted by molar-refractivity contribution is 5.46. The number of benzene rings is 1. The van der Waals surface area contributed by atoms with Gasteiger partial charge in [0.05, 0.1) is 12.2 Å². The number of aromatic nitrogens is 2. The standard InChI is InChI=1S/C14H14F3N3O/c1-10-18-7-6-12(20-10)8-19-11-2-4-13(5-3-11)21-9-14(15,16)17/h2-7,19H,8-9H2,1H3. The van der Waals surface area contributed by atoms with E-state index in [0.29, 0.717) is 12.4 Å². The summed E-state index contributed by atoms with van der Waals surface area (Å²) in [5.74, 6) is 0.862. The first-order chi connectivity index (χ1) is 9.92. The Morgan fingerprint density at radius 1 is 1.14 bits per heavy atom. The van der Waals surface area contributed by atoms with E-state index in [9.17, 15) is 13.2 Å². The van der Waals surface area contributed by atoms with Gasteiger partial charge in [0.1, 0.15) is 11.6 Å². The quantitative estimate of drug-likeness (QED) is 0.919. The van der Waals surface area contributed by atoms with Crippen LogP contribution in [0.4, 0.5) is 18.9 Å². The molecule has 0 saturated heterocycles. The molecule has 0 amide bonds. The number of nitrogens with zero attached hydrogens (tertiary/aromatic N) is 2. The van der Waals surface area contributed by atoms with Crippen LogP contribution in [0.5, 0.6) is 5.75 Å². The fourth-order valence-corrected chi connectivity index (χ4v) is 1.63. The third-order valence-electron chi connectivity index (χ3n) is 2.56. The van der Waals surface area contributed by atoms with Crippen molar-refractivity contribution in [3.05, 3.63) is 48.0 Å². The van der Waals surface area contributed by atoms with Gasteiger partial charge >= 0.3 is 6.18 Å². The molecule has 0 aliphatic carbocycles. The van der Waals surface area contributed by atoms with Crippen LogP contribution in [0.1, 0.15) is 11.5 Å². The summed E-state index contributed by atoms with van der Waals surface area (Å²) in [5, 5.41) is 3.12. The number of anilines is 1. The lowest BCUT2D eigenvalue weighted by Gasteiger charge is -2.10. The molecule has 4 nitrogen and oxygen atoms in total. The van der Waals surface area contributed by atoms with Crippen LogP contribution >= 0.6 is 0 Å². The molecule has 7 heteroatoms. The van der Waals surface area contributed by atoms with E-state index in [1.54, 1.807) is 31.3 Å². The fourth-order valence-electron chi connectivity index (χ4n) is 1.63. The Balaban J connectivity index is 1.87. The van der Waals surface area contributed by atoms with Gasteiger partial charge in [-0.3, -0.25) is 0 Å². The summed E-state index contributed by atoms with van der Waals surface area (Å²) in [6, 6.07) is 8.07. The van der Waals surface area contributed by atoms with Crippen molar-refractivity contribution in [3.8, 4) is 5.75 Å². The van der Waals surface area contributed by atoms with Crippen LogP contribution in [-0.2, 0) is 6.54 Å². The van der Waals surface area contributed by atoms with Gasteiger partial charge in [0.15, 0.2) is 6.61 Å². The molecule has 0 spiro atoms. The smallest absolute Gasteiger partial charge is 0.422 e. The second kappa shape index (κ2) is 6.43. The Bertz CT molecular complexity index is 585. The minimum atomic E-state index is -4.33. The van der Waals surface area contributed by atoms with E-state index in [1.165, 1.54) is 12.1 Å². The van der Waals surface area contributed by atoms with Crippen molar-refractivity contribution in [2.45, 2.75) is 19.6 Å². The van der Waals surface area contributed by atoms with E-state index in [0.717, 1.165) is 11.4 Å². The van der Waals surface area contributed by atoms with Crippen LogP contribution < -0.4 is 10.1 Å². The summed E-state index contributed by atoms with van der Waals surface area (Å²) < 4.78 is 40.7. The van der Waals surface area contributed by atoms with Crippen LogP contribution in [0.25, 0.3) is 0 Å². The molecule has 0 atom stereocenters. The predicted octanol–water partition coefficient (Wildman–Crippen LogP) is 3.34. The SMILES string of the molecule is Cc1nccc(CNc2ccc(OCC(F)(F)F)cc2)n1. The first kappa shape index (κ1) is 15.1. The zero-order chi connectivity index (χ0) is 15.3. The van der Waals surface area contributed by atoms with Crippen molar-refractivity contribution in [2.24, 2.45) is 0 Å². The van der Waals surface area contributed by atoms with Gasteiger partial charge in [0.2, 0.25) is 0 Å². The van der Waals surface area contributed by atoms with Gasteiger partial charge in [-0.15, -0.1) is 0 Å². The normalized spacial score (nSPS) is 11.2. The summed E-state index contributed by atoms with van der Waals surface area (Å²) >= 11 is 0. The molecular formula is C14H14F3N3O. The largest absolute Gasteiger partial charge is 0.484 e. The molecule has 21 heavy (non-hydrogen) atoms. The lowest BCUT2D eigenvalue weighted by molar-refractivity contribution is -0.153. The maximum Gasteiger partial charge on any atom is 0.422 e. The van der Waals surface area contributed by atoms with Gasteiger partial charge in [-0.1, -0.05) is 0 Å². The van der Waals surface area contributed by atoms with Crippen molar-refractivity contribution in [2.75, 3.05) is 11.9 Å². The van der Waals surface area contributed by atoms with Gasteiger partial charge in [0, 0.05) is 11.9 Å². The molecule has 112 valence electrons. The molecule has 0 bridgehead atoms. The van der Waals surface area contributed by atoms with Crippen molar-refractivity contribution >= 4 is 5.69 Å². The van der Waals surface area contributed by atoms with Gasteiger partial charge in [-0.25, -0.2) is 9.97 Å². The summed E-state index contributed by atoms with van der Waals surface area (Å²) in [5.41, 5.74) is 1.60. The van der Waals surface area contributed by atoms with Crippen molar-refractivity contribution in [3.63, 3.8) is 0 Å². The van der Waals surface area contributed by atoms with Crippen molar-refractivity contribution < 1.29 is 17.9 Å². The Labute approximate surface area is 120 Å². The van der Waals surface area contributed by atoms with Gasteiger partial charge in [-0.2, -0.15) is 13.2 Å². The highest BCUT2D eigenvalue weighted by Gasteiger charge is 2.28. The highest BCUT2D eigenvalue weighted by Crippen LogP contribution is 2.20. The topological polar surface area (TPSA) is 47.0 Å². The van der Waals surface area contributed by atoms with Gasteiger partial charge in [-0.05, 0) is 37.3 Å². The molecule has 2 rings (SSSR count). The summed E-state index contributed by atoms with van der Waals surface area (Å²) in [4.78, 5) is 8.24. The zero-order valence-corrected chi connectivity index (χ0v) is 11.3. The number of aryl methyl sites for hydroxylation is 1. The predicted molar refractivity (Wildman–Crippen MR) is 72.1 cm³/mol. The minimum absolute atomic E-state index is 0.177. The van der Waals surface area contributed by atoms with Crippen molar-refractivity contribution in [1.82, 2.24) is 9.97 Å². The number of halogens is 3. The van der Waals surface area contributed by atoms with Crippen LogP contribution in [0.3, 0.4) is 0 Å². The second-order valence-corrected chi connectivity index (χ2v) is 4.38. The minimum Gasteiger partial charge on any atom is -0.484 e. The summed E-state index contributed by atoms with van der Waals surface area (Å²) in [6.07, 6.45) is -2.66. The molecule has 2 aromatic rings. The first-order valence-corrected chi connectivity index (χ1v) is 6.24. The maximum atomic E-state index is 12.0. The fraction of sp³-hybridized carbons (Fsp3) is 0.286. The van der Waals surface area contributed by atoms with E-state index < -0.39 is 12.8 Å². The van der Waals surface area contributed by atoms with Crippen molar-refractivity contribution in [1.29, 1.82) is 0 Å². The number of hydrogen-bond donors (Lipinski definition) is 1. The van der Waals surface area contributed by atoms with E-state index in [1.807, 2.05) is 0 Å². The van der Waals surface area contributed by atoms with Crippen LogP contribution in [0.2, 0.25) is 0 Å². The molecule has 0 aliphatic rings. The van der Waals surface area contributed by atoms with E-state index in [2.05, 4.69) is 20.0 Å². The maximum absolute atomic E-state index is 12.0. The third-order valence-corrected chi connectivity index (χ3v) is 2.56. The second-order valence-electron chi connectivity index (χ2n) is 4.38. The lowest BCUT2D eigenvalue weighted by atomic mass is 10.3. The molecule has 0 unspecified atom stereocenters. The van der Waals surface area contributed by atoms with E-state index >= 15 is 0 Å². The molecule has 1 aromatic heterocycles. The molecule has 0 fully saturated rings. The lowest BCUT2D eigenvalue weighted by Crippen LogP contribution is -2.19. The summed E-state index contributed by atoms with van der Waals surface area (Å²) in [7, 11) is 0. The monoisotopic (exact) mass is 297 g/mol. The molecule has 1 N–H and O–H groups in total. The van der Waals surface area contributed by atoms with E-state index in [4.69, 9.17) is 0 Å². The Morgan fingerprint density at radius 2 is 1.86 bits per heavy atom. The zero-order valence-electron chi connectivity index (χ0n) is 11.3. The molecular weight excluding hydrogens is 283 g/mol. The Kier molecular flexibility index (Phi) is 4.62. The van der Waals surface area contributed by atoms with Crippen LogP contribution in [0.15, 0.2) is 36.5 Å². The van der Waals surface area contributed by atoms with E-state index in [-0.39, 0.29) is 5.75 Å². The first-order valence-electron chi connectivity index (χ1n) is 6.24. The van der Waals surface area contributed by atoms with Gasteiger partial charge < -0.3 is 10.1 Å². The molecule has 0 saturated carbocycles. The average Bonchev–Trinajstić information content (AvgIpc) is 2.43. The number of alkyl halides is 3.